The van der Waals surface area contributed by atoms with Crippen molar-refractivity contribution in [1.29, 1.82) is 0 Å². The van der Waals surface area contributed by atoms with Gasteiger partial charge in [-0.1, -0.05) is 24.3 Å². The Bertz CT molecular complexity index is 900. The average Bonchev–Trinajstić information content (AvgIpc) is 3.42. The van der Waals surface area contributed by atoms with Crippen molar-refractivity contribution in [2.75, 3.05) is 26.3 Å². The zero-order valence-corrected chi connectivity index (χ0v) is 16.3. The van der Waals surface area contributed by atoms with Crippen molar-refractivity contribution < 1.29 is 14.6 Å². The Morgan fingerprint density at radius 3 is 2.64 bits per heavy atom. The van der Waals surface area contributed by atoms with Gasteiger partial charge in [-0.15, -0.1) is 11.3 Å². The van der Waals surface area contributed by atoms with E-state index in [2.05, 4.69) is 0 Å². The van der Waals surface area contributed by atoms with E-state index in [-0.39, 0.29) is 18.6 Å². The number of hydrogen-bond donors (Lipinski definition) is 1. The molecule has 0 aliphatic carbocycles. The fourth-order valence-corrected chi connectivity index (χ4v) is 4.18. The van der Waals surface area contributed by atoms with Crippen molar-refractivity contribution in [1.82, 2.24) is 14.7 Å². The Kier molecular flexibility index (Phi) is 5.85. The fourth-order valence-electron chi connectivity index (χ4n) is 3.45. The minimum atomic E-state index is 0.00573. The lowest BCUT2D eigenvalue weighted by atomic mass is 10.1. The Balaban J connectivity index is 1.58. The highest BCUT2D eigenvalue weighted by Gasteiger charge is 2.28. The maximum Gasteiger partial charge on any atom is 0.257 e. The number of hydrogen-bond acceptors (Lipinski definition) is 5. The van der Waals surface area contributed by atoms with E-state index in [0.717, 1.165) is 29.1 Å². The Morgan fingerprint density at radius 2 is 1.96 bits per heavy atom. The second kappa shape index (κ2) is 8.68. The van der Waals surface area contributed by atoms with Crippen LogP contribution in [0, 0.1) is 0 Å². The highest BCUT2D eigenvalue weighted by Crippen LogP contribution is 2.29. The van der Waals surface area contributed by atoms with Crippen LogP contribution in [0.3, 0.4) is 0 Å². The lowest BCUT2D eigenvalue weighted by molar-refractivity contribution is -0.00552. The molecular formula is C21H23N3O3S. The molecule has 146 valence electrons. The van der Waals surface area contributed by atoms with Crippen molar-refractivity contribution in [3.63, 3.8) is 0 Å². The third-order valence-electron chi connectivity index (χ3n) is 4.89. The number of amides is 1. The van der Waals surface area contributed by atoms with Crippen LogP contribution in [0.5, 0.6) is 0 Å². The molecule has 1 aromatic carbocycles. The van der Waals surface area contributed by atoms with Gasteiger partial charge in [0.05, 0.1) is 35.4 Å². The van der Waals surface area contributed by atoms with Crippen LogP contribution < -0.4 is 0 Å². The van der Waals surface area contributed by atoms with Crippen molar-refractivity contribution in [3.8, 4) is 16.3 Å². The second-order valence-electron chi connectivity index (χ2n) is 6.73. The molecule has 1 N–H and O–H groups in total. The molecule has 1 amide bonds. The largest absolute Gasteiger partial charge is 0.394 e. The highest BCUT2D eigenvalue weighted by atomic mass is 32.1. The Hall–Kier alpha value is -2.48. The van der Waals surface area contributed by atoms with Gasteiger partial charge < -0.3 is 14.7 Å². The number of carbonyl (C=O) groups excluding carboxylic acids is 1. The summed E-state index contributed by atoms with van der Waals surface area (Å²) in [5.41, 5.74) is 2.28. The molecule has 0 spiro atoms. The number of rotatable bonds is 6. The predicted molar refractivity (Wildman–Crippen MR) is 109 cm³/mol. The molecule has 1 aliphatic heterocycles. The summed E-state index contributed by atoms with van der Waals surface area (Å²) in [6.45, 7) is 1.68. The van der Waals surface area contributed by atoms with Gasteiger partial charge in [-0.05, 0) is 36.4 Å². The van der Waals surface area contributed by atoms with Crippen LogP contribution in [0.1, 0.15) is 23.2 Å². The van der Waals surface area contributed by atoms with Gasteiger partial charge in [0.1, 0.15) is 5.69 Å². The predicted octanol–water partition coefficient (Wildman–Crippen LogP) is 3.21. The summed E-state index contributed by atoms with van der Waals surface area (Å²) >= 11 is 1.58. The summed E-state index contributed by atoms with van der Waals surface area (Å²) in [6, 6.07) is 13.8. The molecule has 0 bridgehead atoms. The van der Waals surface area contributed by atoms with Crippen LogP contribution in [0.25, 0.3) is 16.3 Å². The highest BCUT2D eigenvalue weighted by molar-refractivity contribution is 7.13. The normalized spacial score (nSPS) is 15.1. The zero-order valence-electron chi connectivity index (χ0n) is 15.5. The number of ether oxygens (including phenoxy) is 1. The SMILES string of the molecule is O=C(c1cn(-c2ccccc2)nc1-c1cccs1)N1CCC(OCCO)CC1. The van der Waals surface area contributed by atoms with E-state index in [4.69, 9.17) is 14.9 Å². The molecule has 3 heterocycles. The van der Waals surface area contributed by atoms with E-state index in [1.54, 1.807) is 16.0 Å². The molecular weight excluding hydrogens is 374 g/mol. The number of para-hydroxylation sites is 1. The summed E-state index contributed by atoms with van der Waals surface area (Å²) < 4.78 is 7.38. The van der Waals surface area contributed by atoms with Crippen LogP contribution in [-0.4, -0.2) is 58.1 Å². The monoisotopic (exact) mass is 397 g/mol. The third kappa shape index (κ3) is 4.01. The Labute approximate surface area is 168 Å². The minimum Gasteiger partial charge on any atom is -0.394 e. The first-order valence-corrected chi connectivity index (χ1v) is 10.3. The van der Waals surface area contributed by atoms with E-state index in [9.17, 15) is 4.79 Å². The molecule has 1 saturated heterocycles. The number of nitrogens with zero attached hydrogens (tertiary/aromatic N) is 3. The van der Waals surface area contributed by atoms with Crippen LogP contribution in [0.2, 0.25) is 0 Å². The number of aliphatic hydroxyl groups excluding tert-OH is 1. The van der Waals surface area contributed by atoms with E-state index >= 15 is 0 Å². The maximum atomic E-state index is 13.3. The number of carbonyl (C=O) groups is 1. The molecule has 0 unspecified atom stereocenters. The first-order chi connectivity index (χ1) is 13.8. The van der Waals surface area contributed by atoms with Crippen molar-refractivity contribution in [3.05, 3.63) is 59.6 Å². The van der Waals surface area contributed by atoms with Crippen LogP contribution in [0.4, 0.5) is 0 Å². The quantitative estimate of drug-likeness (QED) is 0.694. The smallest absolute Gasteiger partial charge is 0.257 e. The van der Waals surface area contributed by atoms with E-state index in [1.165, 1.54) is 0 Å². The number of aromatic nitrogens is 2. The van der Waals surface area contributed by atoms with Gasteiger partial charge in [-0.2, -0.15) is 5.10 Å². The van der Waals surface area contributed by atoms with Gasteiger partial charge in [-0.25, -0.2) is 4.68 Å². The average molecular weight is 398 g/mol. The van der Waals surface area contributed by atoms with Gasteiger partial charge in [0, 0.05) is 19.3 Å². The topological polar surface area (TPSA) is 67.6 Å². The molecule has 4 rings (SSSR count). The molecule has 3 aromatic rings. The van der Waals surface area contributed by atoms with Gasteiger partial charge in [0.2, 0.25) is 0 Å². The summed E-state index contributed by atoms with van der Waals surface area (Å²) in [6.07, 6.45) is 3.51. The van der Waals surface area contributed by atoms with Crippen LogP contribution in [-0.2, 0) is 4.74 Å². The van der Waals surface area contributed by atoms with Gasteiger partial charge in [0.15, 0.2) is 0 Å². The van der Waals surface area contributed by atoms with Crippen LogP contribution in [0.15, 0.2) is 54.0 Å². The zero-order chi connectivity index (χ0) is 19.3. The molecule has 28 heavy (non-hydrogen) atoms. The first-order valence-electron chi connectivity index (χ1n) is 9.47. The molecule has 1 aliphatic rings. The number of piperidine rings is 1. The summed E-state index contributed by atoms with van der Waals surface area (Å²) in [7, 11) is 0. The molecule has 1 fully saturated rings. The molecule has 7 heteroatoms. The fraction of sp³-hybridized carbons (Fsp3) is 0.333. The van der Waals surface area contributed by atoms with Crippen molar-refractivity contribution in [2.45, 2.75) is 18.9 Å². The lowest BCUT2D eigenvalue weighted by Crippen LogP contribution is -2.41. The van der Waals surface area contributed by atoms with Crippen LogP contribution >= 0.6 is 11.3 Å². The third-order valence-corrected chi connectivity index (χ3v) is 5.77. The lowest BCUT2D eigenvalue weighted by Gasteiger charge is -2.31. The van der Waals surface area contributed by atoms with E-state index in [0.29, 0.717) is 25.3 Å². The standard InChI is InChI=1S/C21H23N3O3S/c25-12-13-27-17-8-10-23(11-9-17)21(26)18-15-24(16-5-2-1-3-6-16)22-20(18)19-7-4-14-28-19/h1-7,14-15,17,25H,8-13H2. The maximum absolute atomic E-state index is 13.3. The van der Waals surface area contributed by atoms with E-state index in [1.807, 2.05) is 58.9 Å². The number of likely N-dealkylation sites (tertiary alicyclic amines) is 1. The number of aliphatic hydroxyl groups is 1. The van der Waals surface area contributed by atoms with Crippen molar-refractivity contribution in [2.24, 2.45) is 0 Å². The second-order valence-corrected chi connectivity index (χ2v) is 7.68. The molecule has 6 nitrogen and oxygen atoms in total. The number of thiophene rings is 1. The van der Waals surface area contributed by atoms with Crippen molar-refractivity contribution >= 4 is 17.2 Å². The summed E-state index contributed by atoms with van der Waals surface area (Å²) in [4.78, 5) is 16.1. The molecule has 0 atom stereocenters. The molecule has 2 aromatic heterocycles. The molecule has 0 saturated carbocycles. The number of benzene rings is 1. The Morgan fingerprint density at radius 1 is 1.18 bits per heavy atom. The first kappa shape index (κ1) is 18.9. The summed E-state index contributed by atoms with van der Waals surface area (Å²) in [5.74, 6) is 0.00573. The van der Waals surface area contributed by atoms with Gasteiger partial charge in [0.25, 0.3) is 5.91 Å². The van der Waals surface area contributed by atoms with E-state index < -0.39 is 0 Å². The minimum absolute atomic E-state index is 0.00573. The van der Waals surface area contributed by atoms with Gasteiger partial charge in [-0.3, -0.25) is 4.79 Å². The molecule has 0 radical (unpaired) electrons. The van der Waals surface area contributed by atoms with Gasteiger partial charge >= 0.3 is 0 Å². The summed E-state index contributed by atoms with van der Waals surface area (Å²) in [5, 5.41) is 15.6.